The van der Waals surface area contributed by atoms with E-state index >= 15 is 0 Å². The van der Waals surface area contributed by atoms with Crippen molar-refractivity contribution < 1.29 is 18.5 Å². The van der Waals surface area contributed by atoms with Crippen molar-refractivity contribution in [1.29, 1.82) is 0 Å². The highest BCUT2D eigenvalue weighted by Crippen LogP contribution is 2.17. The average Bonchev–Trinajstić information content (AvgIpc) is 3.07. The van der Waals surface area contributed by atoms with Gasteiger partial charge in [-0.2, -0.15) is 10.2 Å². The Morgan fingerprint density at radius 2 is 2.26 bits per heavy atom. The Morgan fingerprint density at radius 1 is 1.52 bits per heavy atom. The molecule has 0 aliphatic carbocycles. The van der Waals surface area contributed by atoms with Gasteiger partial charge in [0.1, 0.15) is 24.6 Å². The van der Waals surface area contributed by atoms with E-state index in [1.807, 2.05) is 0 Å². The van der Waals surface area contributed by atoms with Gasteiger partial charge in [0.25, 0.3) is 6.43 Å². The highest BCUT2D eigenvalue weighted by Gasteiger charge is 2.15. The molecule has 11 heteroatoms. The van der Waals surface area contributed by atoms with Crippen molar-refractivity contribution in [3.63, 3.8) is 0 Å². The van der Waals surface area contributed by atoms with Gasteiger partial charge < -0.3 is 5.32 Å². The zero-order chi connectivity index (χ0) is 17.0. The van der Waals surface area contributed by atoms with Crippen molar-refractivity contribution in [2.75, 3.05) is 6.54 Å². The molecule has 2 aromatic rings. The van der Waals surface area contributed by atoms with Gasteiger partial charge in [-0.1, -0.05) is 0 Å². The monoisotopic (exact) mass is 328 g/mol. The van der Waals surface area contributed by atoms with Crippen LogP contribution in [0.1, 0.15) is 17.8 Å². The SMILES string of the molecule is Cc1cc(C(F)F)nn1CC(=O)NCCn1cc([N+](=O)[O-])cn1. The lowest BCUT2D eigenvalue weighted by atomic mass is 10.4. The summed E-state index contributed by atoms with van der Waals surface area (Å²) in [6.07, 6.45) is -0.326. The van der Waals surface area contributed by atoms with Gasteiger partial charge in [0.2, 0.25) is 5.91 Å². The molecule has 2 rings (SSSR count). The summed E-state index contributed by atoms with van der Waals surface area (Å²) in [4.78, 5) is 21.7. The summed E-state index contributed by atoms with van der Waals surface area (Å²) in [5.74, 6) is -0.404. The molecule has 0 fully saturated rings. The highest BCUT2D eigenvalue weighted by molar-refractivity contribution is 5.75. The number of halogens is 2. The lowest BCUT2D eigenvalue weighted by molar-refractivity contribution is -0.385. The summed E-state index contributed by atoms with van der Waals surface area (Å²) >= 11 is 0. The van der Waals surface area contributed by atoms with Gasteiger partial charge in [0.15, 0.2) is 0 Å². The lowest BCUT2D eigenvalue weighted by Gasteiger charge is -2.06. The number of amides is 1. The number of carbonyl (C=O) groups is 1. The summed E-state index contributed by atoms with van der Waals surface area (Å²) in [6.45, 7) is 1.84. The highest BCUT2D eigenvalue weighted by atomic mass is 19.3. The zero-order valence-electron chi connectivity index (χ0n) is 12.1. The van der Waals surface area contributed by atoms with Crippen LogP contribution in [0.3, 0.4) is 0 Å². The first-order chi connectivity index (χ1) is 10.9. The van der Waals surface area contributed by atoms with Crippen molar-refractivity contribution in [2.24, 2.45) is 0 Å². The third kappa shape index (κ3) is 4.31. The maximum absolute atomic E-state index is 12.5. The molecule has 0 aliphatic heterocycles. The van der Waals surface area contributed by atoms with Gasteiger partial charge in [0.05, 0.1) is 11.5 Å². The van der Waals surface area contributed by atoms with Gasteiger partial charge in [-0.3, -0.25) is 24.3 Å². The number of aromatic nitrogens is 4. The number of nitrogens with zero attached hydrogens (tertiary/aromatic N) is 5. The van der Waals surface area contributed by atoms with E-state index in [9.17, 15) is 23.7 Å². The number of nitrogens with one attached hydrogen (secondary N) is 1. The van der Waals surface area contributed by atoms with E-state index in [1.54, 1.807) is 6.92 Å². The standard InChI is InChI=1S/C12H14F2N6O3/c1-8-4-10(12(13)14)17-19(8)7-11(21)15-2-3-18-6-9(5-16-18)20(22)23/h4-6,12H,2-3,7H2,1H3,(H,15,21). The molecular weight excluding hydrogens is 314 g/mol. The van der Waals surface area contributed by atoms with Crippen molar-refractivity contribution in [1.82, 2.24) is 24.9 Å². The first-order valence-electron chi connectivity index (χ1n) is 6.63. The van der Waals surface area contributed by atoms with Crippen LogP contribution in [0.15, 0.2) is 18.5 Å². The number of hydrogen-bond acceptors (Lipinski definition) is 5. The summed E-state index contributed by atoms with van der Waals surface area (Å²) in [5, 5.41) is 20.5. The Labute approximate surface area is 129 Å². The molecular formula is C12H14F2N6O3. The number of hydrogen-bond donors (Lipinski definition) is 1. The summed E-state index contributed by atoms with van der Waals surface area (Å²) in [7, 11) is 0. The van der Waals surface area contributed by atoms with E-state index in [4.69, 9.17) is 0 Å². The van der Waals surface area contributed by atoms with E-state index in [0.717, 1.165) is 6.20 Å². The number of rotatable bonds is 7. The smallest absolute Gasteiger partial charge is 0.306 e. The maximum atomic E-state index is 12.5. The fraction of sp³-hybridized carbons (Fsp3) is 0.417. The van der Waals surface area contributed by atoms with Crippen LogP contribution < -0.4 is 5.32 Å². The molecule has 1 amide bonds. The zero-order valence-corrected chi connectivity index (χ0v) is 12.1. The molecule has 0 atom stereocenters. The maximum Gasteiger partial charge on any atom is 0.306 e. The second kappa shape index (κ2) is 6.94. The predicted octanol–water partition coefficient (Wildman–Crippen LogP) is 1.05. The van der Waals surface area contributed by atoms with E-state index in [2.05, 4.69) is 15.5 Å². The molecule has 0 spiro atoms. The molecule has 0 aromatic carbocycles. The lowest BCUT2D eigenvalue weighted by Crippen LogP contribution is -2.31. The van der Waals surface area contributed by atoms with Gasteiger partial charge in [-0.25, -0.2) is 8.78 Å². The van der Waals surface area contributed by atoms with Gasteiger partial charge >= 0.3 is 5.69 Å². The average molecular weight is 328 g/mol. The second-order valence-corrected chi connectivity index (χ2v) is 4.74. The van der Waals surface area contributed by atoms with E-state index in [0.29, 0.717) is 5.69 Å². The molecule has 23 heavy (non-hydrogen) atoms. The Bertz CT molecular complexity index is 711. The van der Waals surface area contributed by atoms with Crippen molar-refractivity contribution in [3.05, 3.63) is 40.0 Å². The van der Waals surface area contributed by atoms with Crippen molar-refractivity contribution in [2.45, 2.75) is 26.4 Å². The molecule has 2 heterocycles. The summed E-state index contributed by atoms with van der Waals surface area (Å²) in [5.41, 5.74) is -0.0553. The van der Waals surface area contributed by atoms with E-state index in [-0.39, 0.29) is 31.0 Å². The predicted molar refractivity (Wildman–Crippen MR) is 73.8 cm³/mol. The van der Waals surface area contributed by atoms with Crippen molar-refractivity contribution >= 4 is 11.6 Å². The Morgan fingerprint density at radius 3 is 2.83 bits per heavy atom. The third-order valence-electron chi connectivity index (χ3n) is 3.01. The first kappa shape index (κ1) is 16.5. The number of aryl methyl sites for hydroxylation is 1. The molecule has 2 aromatic heterocycles. The molecule has 0 unspecified atom stereocenters. The summed E-state index contributed by atoms with van der Waals surface area (Å²) < 4.78 is 27.5. The third-order valence-corrected chi connectivity index (χ3v) is 3.01. The van der Waals surface area contributed by atoms with Crippen LogP contribution in [0, 0.1) is 17.0 Å². The largest absolute Gasteiger partial charge is 0.353 e. The normalized spacial score (nSPS) is 11.0. The topological polar surface area (TPSA) is 108 Å². The minimum Gasteiger partial charge on any atom is -0.353 e. The Kier molecular flexibility index (Phi) is 4.98. The second-order valence-electron chi connectivity index (χ2n) is 4.74. The van der Waals surface area contributed by atoms with Crippen LogP contribution in [0.5, 0.6) is 0 Å². The van der Waals surface area contributed by atoms with Crippen LogP contribution in [0.2, 0.25) is 0 Å². The molecule has 1 N–H and O–H groups in total. The molecule has 124 valence electrons. The van der Waals surface area contributed by atoms with Gasteiger partial charge in [-0.05, 0) is 13.0 Å². The van der Waals surface area contributed by atoms with Crippen molar-refractivity contribution in [3.8, 4) is 0 Å². The minimum atomic E-state index is -2.69. The molecule has 0 aliphatic rings. The Balaban J connectivity index is 1.82. The molecule has 0 radical (unpaired) electrons. The van der Waals surface area contributed by atoms with E-state index < -0.39 is 17.3 Å². The van der Waals surface area contributed by atoms with Crippen LogP contribution >= 0.6 is 0 Å². The van der Waals surface area contributed by atoms with Crippen LogP contribution in [0.4, 0.5) is 14.5 Å². The molecule has 0 bridgehead atoms. The quantitative estimate of drug-likeness (QED) is 0.604. The van der Waals surface area contributed by atoms with Gasteiger partial charge in [-0.15, -0.1) is 0 Å². The molecule has 9 nitrogen and oxygen atoms in total. The Hall–Kier alpha value is -2.85. The van der Waals surface area contributed by atoms with Crippen LogP contribution in [-0.2, 0) is 17.9 Å². The molecule has 0 saturated heterocycles. The number of alkyl halides is 2. The summed E-state index contributed by atoms with van der Waals surface area (Å²) in [6, 6.07) is 1.22. The fourth-order valence-electron chi connectivity index (χ4n) is 1.87. The fourth-order valence-corrected chi connectivity index (χ4v) is 1.87. The first-order valence-corrected chi connectivity index (χ1v) is 6.63. The number of carbonyl (C=O) groups excluding carboxylic acids is 1. The van der Waals surface area contributed by atoms with Crippen LogP contribution in [-0.4, -0.2) is 36.9 Å². The minimum absolute atomic E-state index is 0.136. The van der Waals surface area contributed by atoms with Crippen LogP contribution in [0.25, 0.3) is 0 Å². The number of nitro groups is 1. The molecule has 0 saturated carbocycles. The van der Waals surface area contributed by atoms with E-state index in [1.165, 1.54) is 21.6 Å². The van der Waals surface area contributed by atoms with Gasteiger partial charge in [0, 0.05) is 12.2 Å².